The van der Waals surface area contributed by atoms with Crippen molar-refractivity contribution in [3.8, 4) is 5.75 Å². The molecule has 1 amide bonds. The third-order valence-corrected chi connectivity index (χ3v) is 4.01. The quantitative estimate of drug-likeness (QED) is 0.822. The predicted molar refractivity (Wildman–Crippen MR) is 101 cm³/mol. The lowest BCUT2D eigenvalue weighted by atomic mass is 9.87. The van der Waals surface area contributed by atoms with Gasteiger partial charge >= 0.3 is 0 Å². The van der Waals surface area contributed by atoms with Crippen LogP contribution >= 0.6 is 0 Å². The third kappa shape index (κ3) is 5.07. The fourth-order valence-corrected chi connectivity index (χ4v) is 2.50. The van der Waals surface area contributed by atoms with Crippen molar-refractivity contribution in [1.82, 2.24) is 0 Å². The Labute approximate surface area is 150 Å². The zero-order chi connectivity index (χ0) is 18.4. The van der Waals surface area contributed by atoms with Crippen LogP contribution in [0, 0.1) is 0 Å². The predicted octanol–water partition coefficient (Wildman–Crippen LogP) is 4.78. The minimum absolute atomic E-state index is 0.0900. The van der Waals surface area contributed by atoms with Crippen molar-refractivity contribution >= 4 is 11.6 Å². The van der Waals surface area contributed by atoms with Crippen LogP contribution in [0.4, 0.5) is 5.69 Å². The maximum atomic E-state index is 12.5. The number of methoxy groups -OCH3 is 1. The topological polar surface area (TPSA) is 47.6 Å². The van der Waals surface area contributed by atoms with E-state index in [1.807, 2.05) is 37.3 Å². The molecule has 0 saturated heterocycles. The molecule has 0 saturated carbocycles. The van der Waals surface area contributed by atoms with Crippen molar-refractivity contribution in [2.24, 2.45) is 0 Å². The molecule has 0 spiro atoms. The van der Waals surface area contributed by atoms with Gasteiger partial charge in [0.25, 0.3) is 5.91 Å². The standard InChI is InChI=1S/C21H27NO3/c1-6-25-14-16-13-15(7-12-19(16)24-5)20(23)22-18-10-8-17(9-11-18)21(2,3)4/h7-13H,6,14H2,1-5H3,(H,22,23). The number of carbonyl (C=O) groups excluding carboxylic acids is 1. The van der Waals surface area contributed by atoms with E-state index in [2.05, 4.69) is 26.1 Å². The molecule has 4 heteroatoms. The molecule has 0 aliphatic heterocycles. The molecule has 2 aromatic rings. The van der Waals surface area contributed by atoms with Crippen molar-refractivity contribution in [2.45, 2.75) is 39.7 Å². The Hall–Kier alpha value is -2.33. The first-order valence-electron chi connectivity index (χ1n) is 8.51. The average molecular weight is 341 g/mol. The summed E-state index contributed by atoms with van der Waals surface area (Å²) in [5, 5.41) is 2.94. The van der Waals surface area contributed by atoms with Crippen LogP contribution in [0.25, 0.3) is 0 Å². The van der Waals surface area contributed by atoms with Gasteiger partial charge in [-0.2, -0.15) is 0 Å². The number of anilines is 1. The van der Waals surface area contributed by atoms with Gasteiger partial charge in [-0.1, -0.05) is 32.9 Å². The zero-order valence-corrected chi connectivity index (χ0v) is 15.7. The summed E-state index contributed by atoms with van der Waals surface area (Å²) in [5.74, 6) is 0.573. The van der Waals surface area contributed by atoms with Crippen molar-refractivity contribution in [2.75, 3.05) is 19.0 Å². The van der Waals surface area contributed by atoms with Crippen LogP contribution in [-0.2, 0) is 16.8 Å². The SMILES string of the molecule is CCOCc1cc(C(=O)Nc2ccc(C(C)(C)C)cc2)ccc1OC. The lowest BCUT2D eigenvalue weighted by Crippen LogP contribution is -2.14. The van der Waals surface area contributed by atoms with E-state index in [0.29, 0.717) is 18.8 Å². The van der Waals surface area contributed by atoms with Gasteiger partial charge in [-0.05, 0) is 48.2 Å². The van der Waals surface area contributed by atoms with Crippen LogP contribution in [0.5, 0.6) is 5.75 Å². The molecule has 2 rings (SSSR count). The zero-order valence-electron chi connectivity index (χ0n) is 15.7. The second-order valence-electron chi connectivity index (χ2n) is 6.95. The molecule has 4 nitrogen and oxygen atoms in total. The van der Waals surface area contributed by atoms with Crippen molar-refractivity contribution in [3.05, 3.63) is 59.2 Å². The molecule has 25 heavy (non-hydrogen) atoms. The number of nitrogens with one attached hydrogen (secondary N) is 1. The van der Waals surface area contributed by atoms with Gasteiger partial charge < -0.3 is 14.8 Å². The molecule has 0 bridgehead atoms. The van der Waals surface area contributed by atoms with Crippen molar-refractivity contribution in [3.63, 3.8) is 0 Å². The highest BCUT2D eigenvalue weighted by atomic mass is 16.5. The molecule has 0 aromatic heterocycles. The van der Waals surface area contributed by atoms with E-state index in [0.717, 1.165) is 17.0 Å². The second kappa shape index (κ2) is 8.17. The highest BCUT2D eigenvalue weighted by Gasteiger charge is 2.14. The van der Waals surface area contributed by atoms with Crippen LogP contribution in [0.3, 0.4) is 0 Å². The second-order valence-corrected chi connectivity index (χ2v) is 6.95. The summed E-state index contributed by atoms with van der Waals surface area (Å²) < 4.78 is 10.8. The summed E-state index contributed by atoms with van der Waals surface area (Å²) in [5.41, 5.74) is 3.54. The van der Waals surface area contributed by atoms with Crippen molar-refractivity contribution < 1.29 is 14.3 Å². The van der Waals surface area contributed by atoms with Crippen LogP contribution < -0.4 is 10.1 Å². The van der Waals surface area contributed by atoms with Gasteiger partial charge in [-0.3, -0.25) is 4.79 Å². The van der Waals surface area contributed by atoms with E-state index < -0.39 is 0 Å². The maximum Gasteiger partial charge on any atom is 0.255 e. The third-order valence-electron chi connectivity index (χ3n) is 4.01. The van der Waals surface area contributed by atoms with Crippen LogP contribution in [0.1, 0.15) is 49.2 Å². The Morgan fingerprint density at radius 2 is 1.76 bits per heavy atom. The van der Waals surface area contributed by atoms with Gasteiger partial charge in [0.2, 0.25) is 0 Å². The summed E-state index contributed by atoms with van der Waals surface area (Å²) in [6.07, 6.45) is 0. The largest absolute Gasteiger partial charge is 0.496 e. The first-order valence-corrected chi connectivity index (χ1v) is 8.51. The number of hydrogen-bond donors (Lipinski definition) is 1. The van der Waals surface area contributed by atoms with Gasteiger partial charge in [0, 0.05) is 23.4 Å². The summed E-state index contributed by atoms with van der Waals surface area (Å²) >= 11 is 0. The molecule has 0 atom stereocenters. The van der Waals surface area contributed by atoms with E-state index in [-0.39, 0.29) is 11.3 Å². The first-order chi connectivity index (χ1) is 11.8. The Morgan fingerprint density at radius 3 is 2.32 bits per heavy atom. The normalized spacial score (nSPS) is 11.2. The number of hydrogen-bond acceptors (Lipinski definition) is 3. The Morgan fingerprint density at radius 1 is 1.08 bits per heavy atom. The fraction of sp³-hybridized carbons (Fsp3) is 0.381. The summed E-state index contributed by atoms with van der Waals surface area (Å²) in [6.45, 7) is 9.46. The van der Waals surface area contributed by atoms with Crippen LogP contribution in [-0.4, -0.2) is 19.6 Å². The molecule has 0 aliphatic rings. The van der Waals surface area contributed by atoms with E-state index in [9.17, 15) is 4.79 Å². The number of carbonyl (C=O) groups is 1. The molecule has 0 fully saturated rings. The molecular formula is C21H27NO3. The Balaban J connectivity index is 2.15. The molecule has 0 aliphatic carbocycles. The van der Waals surface area contributed by atoms with Crippen molar-refractivity contribution in [1.29, 1.82) is 0 Å². The van der Waals surface area contributed by atoms with Gasteiger partial charge in [0.05, 0.1) is 13.7 Å². The average Bonchev–Trinajstić information content (AvgIpc) is 2.59. The molecule has 134 valence electrons. The van der Waals surface area contributed by atoms with Gasteiger partial charge in [-0.15, -0.1) is 0 Å². The highest BCUT2D eigenvalue weighted by molar-refractivity contribution is 6.04. The summed E-state index contributed by atoms with van der Waals surface area (Å²) in [4.78, 5) is 12.5. The molecule has 0 heterocycles. The van der Waals surface area contributed by atoms with E-state index in [1.54, 1.807) is 19.2 Å². The summed E-state index contributed by atoms with van der Waals surface area (Å²) in [6, 6.07) is 13.3. The molecule has 1 N–H and O–H groups in total. The van der Waals surface area contributed by atoms with E-state index >= 15 is 0 Å². The Kier molecular flexibility index (Phi) is 6.21. The first kappa shape index (κ1) is 19.0. The van der Waals surface area contributed by atoms with Gasteiger partial charge in [0.15, 0.2) is 0 Å². The van der Waals surface area contributed by atoms with E-state index in [4.69, 9.17) is 9.47 Å². The molecule has 0 radical (unpaired) electrons. The highest BCUT2D eigenvalue weighted by Crippen LogP contribution is 2.24. The Bertz CT molecular complexity index is 715. The number of amides is 1. The van der Waals surface area contributed by atoms with E-state index in [1.165, 1.54) is 5.56 Å². The van der Waals surface area contributed by atoms with Crippen LogP contribution in [0.2, 0.25) is 0 Å². The number of benzene rings is 2. The van der Waals surface area contributed by atoms with Crippen LogP contribution in [0.15, 0.2) is 42.5 Å². The fourth-order valence-electron chi connectivity index (χ4n) is 2.50. The molecule has 2 aromatic carbocycles. The minimum Gasteiger partial charge on any atom is -0.496 e. The van der Waals surface area contributed by atoms with Gasteiger partial charge in [0.1, 0.15) is 5.75 Å². The summed E-state index contributed by atoms with van der Waals surface area (Å²) in [7, 11) is 1.61. The number of ether oxygens (including phenoxy) is 2. The minimum atomic E-state index is -0.149. The smallest absolute Gasteiger partial charge is 0.255 e. The molecule has 0 unspecified atom stereocenters. The lowest BCUT2D eigenvalue weighted by Gasteiger charge is -2.19. The van der Waals surface area contributed by atoms with Gasteiger partial charge in [-0.25, -0.2) is 0 Å². The molecular weight excluding hydrogens is 314 g/mol. The maximum absolute atomic E-state index is 12.5. The lowest BCUT2D eigenvalue weighted by molar-refractivity contribution is 0.102. The number of rotatable bonds is 6. The monoisotopic (exact) mass is 341 g/mol.